The van der Waals surface area contributed by atoms with Gasteiger partial charge in [0.2, 0.25) is 11.8 Å². The van der Waals surface area contributed by atoms with Gasteiger partial charge in [0.25, 0.3) is 0 Å². The molecule has 0 saturated heterocycles. The van der Waals surface area contributed by atoms with Crippen molar-refractivity contribution in [3.8, 4) is 0 Å². The van der Waals surface area contributed by atoms with Crippen LogP contribution in [0.5, 0.6) is 0 Å². The van der Waals surface area contributed by atoms with Crippen LogP contribution in [0, 0.1) is 5.92 Å². The van der Waals surface area contributed by atoms with E-state index < -0.39 is 12.0 Å². The van der Waals surface area contributed by atoms with E-state index >= 15 is 0 Å². The summed E-state index contributed by atoms with van der Waals surface area (Å²) in [5.74, 6) is -0.997. The molecule has 2 amide bonds. The van der Waals surface area contributed by atoms with Gasteiger partial charge < -0.3 is 10.6 Å². The molecule has 4 nitrogen and oxygen atoms in total. The van der Waals surface area contributed by atoms with Crippen molar-refractivity contribution >= 4 is 33.4 Å². The van der Waals surface area contributed by atoms with Crippen LogP contribution >= 0.6 is 15.9 Å². The molecule has 0 bridgehead atoms. The number of benzene rings is 3. The predicted octanol–water partition coefficient (Wildman–Crippen LogP) is 5.36. The first-order valence-corrected chi connectivity index (χ1v) is 10.7. The van der Waals surface area contributed by atoms with E-state index in [1.54, 1.807) is 0 Å². The van der Waals surface area contributed by atoms with Crippen LogP contribution in [0.25, 0.3) is 0 Å². The molecule has 0 heterocycles. The fraction of sp³-hybridized carbons (Fsp3) is 0.200. The monoisotopic (exact) mass is 464 g/mol. The van der Waals surface area contributed by atoms with E-state index in [9.17, 15) is 9.59 Å². The van der Waals surface area contributed by atoms with Crippen LogP contribution in [0.15, 0.2) is 89.4 Å². The maximum atomic E-state index is 13.4. The summed E-state index contributed by atoms with van der Waals surface area (Å²) in [6, 6.07) is 25.9. The average Bonchev–Trinajstić information content (AvgIpc) is 2.75. The highest BCUT2D eigenvalue weighted by atomic mass is 79.9. The Labute approximate surface area is 185 Å². The van der Waals surface area contributed by atoms with Gasteiger partial charge in [-0.3, -0.25) is 9.59 Å². The topological polar surface area (TPSA) is 58.2 Å². The lowest BCUT2D eigenvalue weighted by Gasteiger charge is -2.25. The number of hydrogen-bond donors (Lipinski definition) is 2. The van der Waals surface area contributed by atoms with E-state index in [2.05, 4.69) is 26.6 Å². The van der Waals surface area contributed by atoms with E-state index in [-0.39, 0.29) is 17.7 Å². The van der Waals surface area contributed by atoms with Gasteiger partial charge in [-0.15, -0.1) is 0 Å². The van der Waals surface area contributed by atoms with Crippen LogP contribution in [0.3, 0.4) is 0 Å². The Morgan fingerprint density at radius 2 is 1.23 bits per heavy atom. The van der Waals surface area contributed by atoms with Crippen molar-refractivity contribution in [2.75, 3.05) is 5.32 Å². The third-order valence-corrected chi connectivity index (χ3v) is 5.42. The minimum absolute atomic E-state index is 0.0726. The normalized spacial score (nSPS) is 11.9. The third kappa shape index (κ3) is 5.57. The molecule has 0 aliphatic rings. The van der Waals surface area contributed by atoms with Gasteiger partial charge >= 0.3 is 0 Å². The lowest BCUT2D eigenvalue weighted by molar-refractivity contribution is -0.127. The molecule has 154 valence electrons. The summed E-state index contributed by atoms with van der Waals surface area (Å²) in [6.07, 6.45) is 0. The Kier molecular flexibility index (Phi) is 7.41. The number of carbonyl (C=O) groups is 2. The Morgan fingerprint density at radius 1 is 0.733 bits per heavy atom. The second kappa shape index (κ2) is 10.2. The fourth-order valence-electron chi connectivity index (χ4n) is 3.31. The molecule has 30 heavy (non-hydrogen) atoms. The molecule has 3 rings (SSSR count). The van der Waals surface area contributed by atoms with Gasteiger partial charge in [0.15, 0.2) is 0 Å². The molecule has 0 radical (unpaired) electrons. The smallest absolute Gasteiger partial charge is 0.247 e. The van der Waals surface area contributed by atoms with Gasteiger partial charge in [0, 0.05) is 10.2 Å². The number of hydrogen-bond acceptors (Lipinski definition) is 2. The molecule has 0 aromatic heterocycles. The second-order valence-electron chi connectivity index (χ2n) is 7.48. The largest absolute Gasteiger partial charge is 0.343 e. The van der Waals surface area contributed by atoms with E-state index in [0.717, 1.165) is 15.6 Å². The minimum atomic E-state index is -0.656. The fourth-order valence-corrected chi connectivity index (χ4v) is 3.58. The lowest BCUT2D eigenvalue weighted by atomic mass is 9.89. The SMILES string of the molecule is CC(C)[C@H](NC(=O)C(c1ccccc1)c1ccccc1)C(=O)Nc1ccc(Br)cc1. The van der Waals surface area contributed by atoms with Crippen molar-refractivity contribution in [2.24, 2.45) is 5.92 Å². The maximum absolute atomic E-state index is 13.4. The zero-order chi connectivity index (χ0) is 21.5. The van der Waals surface area contributed by atoms with E-state index in [1.807, 2.05) is 98.8 Å². The van der Waals surface area contributed by atoms with Crippen molar-refractivity contribution in [3.05, 3.63) is 101 Å². The number of carbonyl (C=O) groups excluding carboxylic acids is 2. The van der Waals surface area contributed by atoms with Gasteiger partial charge in [0.1, 0.15) is 6.04 Å². The molecule has 0 unspecified atom stereocenters. The van der Waals surface area contributed by atoms with Crippen LogP contribution in [-0.4, -0.2) is 17.9 Å². The number of anilines is 1. The second-order valence-corrected chi connectivity index (χ2v) is 8.40. The van der Waals surface area contributed by atoms with Crippen LogP contribution in [-0.2, 0) is 9.59 Å². The zero-order valence-corrected chi connectivity index (χ0v) is 18.6. The summed E-state index contributed by atoms with van der Waals surface area (Å²) in [5.41, 5.74) is 2.46. The Morgan fingerprint density at radius 3 is 1.70 bits per heavy atom. The van der Waals surface area contributed by atoms with Gasteiger partial charge in [-0.2, -0.15) is 0 Å². The van der Waals surface area contributed by atoms with Crippen molar-refractivity contribution in [1.82, 2.24) is 5.32 Å². The zero-order valence-electron chi connectivity index (χ0n) is 17.0. The molecule has 0 spiro atoms. The minimum Gasteiger partial charge on any atom is -0.343 e. The van der Waals surface area contributed by atoms with Crippen LogP contribution in [0.4, 0.5) is 5.69 Å². The van der Waals surface area contributed by atoms with Crippen molar-refractivity contribution in [2.45, 2.75) is 25.8 Å². The first kappa shape index (κ1) is 21.8. The van der Waals surface area contributed by atoms with Gasteiger partial charge in [-0.1, -0.05) is 90.4 Å². The molecule has 2 N–H and O–H groups in total. The average molecular weight is 465 g/mol. The molecule has 3 aromatic carbocycles. The molecule has 3 aromatic rings. The summed E-state index contributed by atoms with van der Waals surface area (Å²) in [4.78, 5) is 26.3. The van der Waals surface area contributed by atoms with Crippen molar-refractivity contribution in [3.63, 3.8) is 0 Å². The number of rotatable bonds is 7. The quantitative estimate of drug-likeness (QED) is 0.494. The standard InChI is InChI=1S/C25H25BrN2O2/c1-17(2)23(25(30)27-21-15-13-20(26)14-16-21)28-24(29)22(18-9-5-3-6-10-18)19-11-7-4-8-12-19/h3-17,22-23H,1-2H3,(H,27,30)(H,28,29)/t23-/m0/s1. The molecule has 0 fully saturated rings. The molecular weight excluding hydrogens is 440 g/mol. The predicted molar refractivity (Wildman–Crippen MR) is 124 cm³/mol. The summed E-state index contributed by atoms with van der Waals surface area (Å²) < 4.78 is 0.933. The van der Waals surface area contributed by atoms with Gasteiger partial charge in [-0.05, 0) is 41.3 Å². The number of amides is 2. The highest BCUT2D eigenvalue weighted by Gasteiger charge is 2.29. The van der Waals surface area contributed by atoms with Crippen molar-refractivity contribution < 1.29 is 9.59 Å². The maximum Gasteiger partial charge on any atom is 0.247 e. The third-order valence-electron chi connectivity index (χ3n) is 4.89. The molecular formula is C25H25BrN2O2. The summed E-state index contributed by atoms with van der Waals surface area (Å²) >= 11 is 3.39. The molecule has 0 aliphatic carbocycles. The van der Waals surface area contributed by atoms with E-state index in [4.69, 9.17) is 0 Å². The first-order valence-electron chi connectivity index (χ1n) is 9.92. The number of nitrogens with one attached hydrogen (secondary N) is 2. The highest BCUT2D eigenvalue weighted by molar-refractivity contribution is 9.10. The summed E-state index contributed by atoms with van der Waals surface area (Å²) in [7, 11) is 0. The Bertz CT molecular complexity index is 934. The van der Waals surface area contributed by atoms with Crippen LogP contribution in [0.1, 0.15) is 30.9 Å². The van der Waals surface area contributed by atoms with Crippen LogP contribution < -0.4 is 10.6 Å². The Hall–Kier alpha value is -2.92. The first-order chi connectivity index (χ1) is 14.5. The van der Waals surface area contributed by atoms with E-state index in [0.29, 0.717) is 5.69 Å². The molecule has 5 heteroatoms. The summed E-state index contributed by atoms with van der Waals surface area (Å²) in [6.45, 7) is 3.85. The molecule has 0 aliphatic heterocycles. The lowest BCUT2D eigenvalue weighted by Crippen LogP contribution is -2.48. The molecule has 1 atom stereocenters. The summed E-state index contributed by atoms with van der Waals surface area (Å²) in [5, 5.41) is 5.88. The number of halogens is 1. The molecule has 0 saturated carbocycles. The van der Waals surface area contributed by atoms with Gasteiger partial charge in [-0.25, -0.2) is 0 Å². The van der Waals surface area contributed by atoms with Gasteiger partial charge in [0.05, 0.1) is 5.92 Å². The van der Waals surface area contributed by atoms with E-state index in [1.165, 1.54) is 0 Å². The van der Waals surface area contributed by atoms with Crippen LogP contribution in [0.2, 0.25) is 0 Å². The van der Waals surface area contributed by atoms with Crippen molar-refractivity contribution in [1.29, 1.82) is 0 Å². The Balaban J connectivity index is 1.82. The highest BCUT2D eigenvalue weighted by Crippen LogP contribution is 2.25.